The molecule has 0 saturated heterocycles. The average molecular weight is 460 g/mol. The van der Waals surface area contributed by atoms with Gasteiger partial charge in [0.2, 0.25) is 0 Å². The van der Waals surface area contributed by atoms with Crippen LogP contribution in [0.25, 0.3) is 0 Å². The number of carboxylic acids is 1. The summed E-state index contributed by atoms with van der Waals surface area (Å²) in [5, 5.41) is 9.25. The van der Waals surface area contributed by atoms with Gasteiger partial charge in [0, 0.05) is 28.3 Å². The van der Waals surface area contributed by atoms with Crippen molar-refractivity contribution in [2.75, 3.05) is 28.3 Å². The molecule has 184 valence electrons. The van der Waals surface area contributed by atoms with Crippen LogP contribution in [0.3, 0.4) is 0 Å². The Labute approximate surface area is 198 Å². The van der Waals surface area contributed by atoms with Gasteiger partial charge in [0.05, 0.1) is 11.6 Å². The Morgan fingerprint density at radius 1 is 1.21 bits per heavy atom. The minimum atomic E-state index is -0.937. The Balaban J connectivity index is 0.00000122. The highest BCUT2D eigenvalue weighted by Gasteiger charge is 2.52. The van der Waals surface area contributed by atoms with Gasteiger partial charge < -0.3 is 19.6 Å². The Bertz CT molecular complexity index is 824. The molecule has 33 heavy (non-hydrogen) atoms. The number of nitrogens with zero attached hydrogens (tertiary/aromatic N) is 3. The summed E-state index contributed by atoms with van der Waals surface area (Å²) in [4.78, 5) is 33.7. The number of likely N-dealkylation sites (N-methyl/N-ethyl adjacent to an activating group) is 1. The first-order valence-corrected chi connectivity index (χ1v) is 12.0. The van der Waals surface area contributed by atoms with Gasteiger partial charge in [0.25, 0.3) is 5.91 Å². The number of aliphatic imine (C=N–C) groups is 1. The van der Waals surface area contributed by atoms with E-state index in [1.165, 1.54) is 0 Å². The molecule has 1 aliphatic carbocycles. The molecule has 1 amide bonds. The maximum absolute atomic E-state index is 13.6. The summed E-state index contributed by atoms with van der Waals surface area (Å²) in [6.45, 7) is 6.67. The highest BCUT2D eigenvalue weighted by molar-refractivity contribution is 6.39. The molecule has 1 aromatic rings. The molecular formula is C26H41N3O4. The van der Waals surface area contributed by atoms with Crippen LogP contribution in [0.1, 0.15) is 81.3 Å². The van der Waals surface area contributed by atoms with E-state index in [1.54, 1.807) is 26.4 Å². The van der Waals surface area contributed by atoms with Gasteiger partial charge in [-0.1, -0.05) is 39.3 Å². The fourth-order valence-corrected chi connectivity index (χ4v) is 5.01. The van der Waals surface area contributed by atoms with Gasteiger partial charge in [-0.25, -0.2) is 9.79 Å². The maximum atomic E-state index is 13.6. The zero-order valence-corrected chi connectivity index (χ0v) is 21.3. The van der Waals surface area contributed by atoms with Gasteiger partial charge in [0.1, 0.15) is 5.66 Å². The van der Waals surface area contributed by atoms with E-state index in [9.17, 15) is 14.7 Å². The number of amidine groups is 1. The van der Waals surface area contributed by atoms with Gasteiger partial charge in [0.15, 0.2) is 5.84 Å². The lowest BCUT2D eigenvalue weighted by Crippen LogP contribution is -2.51. The van der Waals surface area contributed by atoms with Crippen molar-refractivity contribution in [2.45, 2.75) is 71.0 Å². The molecule has 1 heterocycles. The number of rotatable bonds is 6. The summed E-state index contributed by atoms with van der Waals surface area (Å²) in [7, 11) is 7.01. The minimum absolute atomic E-state index is 0.0104. The molecular weight excluding hydrogens is 418 g/mol. The summed E-state index contributed by atoms with van der Waals surface area (Å²) in [6.07, 6.45) is 5.66. The molecule has 3 rings (SSSR count). The predicted octanol–water partition coefficient (Wildman–Crippen LogP) is 4.83. The molecule has 1 N–H and O–H groups in total. The second-order valence-electron chi connectivity index (χ2n) is 9.71. The van der Waals surface area contributed by atoms with Crippen LogP contribution in [0.5, 0.6) is 0 Å². The number of aromatic carboxylic acids is 1. The third-order valence-corrected chi connectivity index (χ3v) is 6.79. The van der Waals surface area contributed by atoms with E-state index in [0.29, 0.717) is 17.7 Å². The van der Waals surface area contributed by atoms with Crippen LogP contribution in [0.2, 0.25) is 0 Å². The van der Waals surface area contributed by atoms with Crippen LogP contribution >= 0.6 is 0 Å². The first kappa shape index (κ1) is 26.8. The van der Waals surface area contributed by atoms with E-state index in [2.05, 4.69) is 25.5 Å². The third-order valence-electron chi connectivity index (χ3n) is 6.79. The van der Waals surface area contributed by atoms with Crippen molar-refractivity contribution in [3.8, 4) is 0 Å². The zero-order chi connectivity index (χ0) is 24.8. The molecule has 1 fully saturated rings. The van der Waals surface area contributed by atoms with Crippen molar-refractivity contribution >= 4 is 17.7 Å². The van der Waals surface area contributed by atoms with Crippen LogP contribution in [0, 0.1) is 11.8 Å². The Morgan fingerprint density at radius 2 is 1.76 bits per heavy atom. The molecule has 1 atom stereocenters. The zero-order valence-electron chi connectivity index (χ0n) is 21.3. The van der Waals surface area contributed by atoms with Crippen LogP contribution in [-0.2, 0) is 9.53 Å². The largest absolute Gasteiger partial charge is 0.478 e. The first-order valence-electron chi connectivity index (χ1n) is 12.0. The van der Waals surface area contributed by atoms with Crippen molar-refractivity contribution in [2.24, 2.45) is 16.8 Å². The van der Waals surface area contributed by atoms with Gasteiger partial charge >= 0.3 is 5.97 Å². The van der Waals surface area contributed by atoms with E-state index >= 15 is 0 Å². The molecule has 1 saturated carbocycles. The molecule has 0 bridgehead atoms. The lowest BCUT2D eigenvalue weighted by Gasteiger charge is -2.46. The molecule has 0 radical (unpaired) electrons. The second-order valence-corrected chi connectivity index (χ2v) is 9.71. The molecule has 0 aromatic heterocycles. The Hall–Kier alpha value is -2.41. The highest BCUT2D eigenvalue weighted by atomic mass is 16.4. The topological polar surface area (TPSA) is 82.4 Å². The number of carboxylic acid groups (broad SMARTS) is 1. The molecule has 1 spiro atoms. The van der Waals surface area contributed by atoms with Crippen LogP contribution in [0.4, 0.5) is 0 Å². The van der Waals surface area contributed by atoms with E-state index in [0.717, 1.165) is 44.1 Å². The Kier molecular flexibility index (Phi) is 9.46. The molecule has 1 aliphatic heterocycles. The fourth-order valence-electron chi connectivity index (χ4n) is 5.01. The second kappa shape index (κ2) is 11.6. The van der Waals surface area contributed by atoms with Crippen molar-refractivity contribution in [3.05, 3.63) is 35.4 Å². The minimum Gasteiger partial charge on any atom is -0.478 e. The summed E-state index contributed by atoms with van der Waals surface area (Å²) in [6, 6.07) is 6.88. The first-order chi connectivity index (χ1) is 15.6. The van der Waals surface area contributed by atoms with Crippen molar-refractivity contribution in [1.82, 2.24) is 9.80 Å². The number of methoxy groups -OCH3 is 1. The lowest BCUT2D eigenvalue weighted by atomic mass is 9.76. The fraction of sp³-hybridized carbons (Fsp3) is 0.654. The number of amides is 1. The van der Waals surface area contributed by atoms with Crippen molar-refractivity contribution < 1.29 is 19.4 Å². The average Bonchev–Trinajstić information content (AvgIpc) is 3.05. The maximum Gasteiger partial charge on any atom is 0.335 e. The third kappa shape index (κ3) is 5.94. The number of carbonyl (C=O) groups is 2. The molecule has 1 aromatic carbocycles. The summed E-state index contributed by atoms with van der Waals surface area (Å²) in [5.41, 5.74) is 0.753. The number of hydrogen-bond acceptors (Lipinski definition) is 5. The Morgan fingerprint density at radius 3 is 2.18 bits per heavy atom. The number of hydrogen-bond donors (Lipinski definition) is 1. The SMILES string of the molecule is CCCC(c1ccc(C(=O)O)cc1)N1C(=O)C(N(C)C)=NC12CCC(C(C)C)CC2.COC. The molecule has 2 aliphatic rings. The molecule has 1 unspecified atom stereocenters. The lowest BCUT2D eigenvalue weighted by molar-refractivity contribution is -0.134. The molecule has 7 heteroatoms. The number of benzene rings is 1. The predicted molar refractivity (Wildman–Crippen MR) is 131 cm³/mol. The summed E-state index contributed by atoms with van der Waals surface area (Å²) < 4.78 is 4.25. The monoisotopic (exact) mass is 459 g/mol. The van der Waals surface area contributed by atoms with Gasteiger partial charge in [-0.15, -0.1) is 0 Å². The number of ether oxygens (including phenoxy) is 1. The highest BCUT2D eigenvalue weighted by Crippen LogP contribution is 2.47. The van der Waals surface area contributed by atoms with Gasteiger partial charge in [-0.3, -0.25) is 4.79 Å². The van der Waals surface area contributed by atoms with Crippen LogP contribution < -0.4 is 0 Å². The quantitative estimate of drug-likeness (QED) is 0.659. The number of carbonyl (C=O) groups excluding carboxylic acids is 1. The standard InChI is InChI=1S/C24H35N3O3.C2H6O/c1-6-7-20(18-8-10-19(11-9-18)23(29)30)27-22(28)21(26(4)5)25-24(27)14-12-17(13-15-24)16(2)3;1-3-2/h8-11,16-17,20H,6-7,12-15H2,1-5H3,(H,29,30);1-2H3. The van der Waals surface area contributed by atoms with E-state index in [-0.39, 0.29) is 17.5 Å². The van der Waals surface area contributed by atoms with Crippen LogP contribution in [-0.4, -0.2) is 66.6 Å². The van der Waals surface area contributed by atoms with Crippen molar-refractivity contribution in [1.29, 1.82) is 0 Å². The van der Waals surface area contributed by atoms with E-state index < -0.39 is 11.6 Å². The van der Waals surface area contributed by atoms with Crippen molar-refractivity contribution in [3.63, 3.8) is 0 Å². The summed E-state index contributed by atoms with van der Waals surface area (Å²) >= 11 is 0. The van der Waals surface area contributed by atoms with Gasteiger partial charge in [-0.2, -0.15) is 0 Å². The summed E-state index contributed by atoms with van der Waals surface area (Å²) in [5.74, 6) is 0.892. The molecule has 7 nitrogen and oxygen atoms in total. The normalized spacial score (nSPS) is 23.3. The smallest absolute Gasteiger partial charge is 0.335 e. The van der Waals surface area contributed by atoms with Gasteiger partial charge in [-0.05, 0) is 61.6 Å². The van der Waals surface area contributed by atoms with Crippen LogP contribution in [0.15, 0.2) is 29.3 Å². The van der Waals surface area contributed by atoms with E-state index in [1.807, 2.05) is 36.0 Å². The van der Waals surface area contributed by atoms with E-state index in [4.69, 9.17) is 4.99 Å².